The van der Waals surface area contributed by atoms with Crippen LogP contribution in [0.5, 0.6) is 0 Å². The van der Waals surface area contributed by atoms with Gasteiger partial charge in [0.25, 0.3) is 0 Å². The van der Waals surface area contributed by atoms with E-state index in [1.807, 2.05) is 60.9 Å². The minimum absolute atomic E-state index is 0.0725. The molecule has 2 aromatic carbocycles. The zero-order chi connectivity index (χ0) is 27.7. The smallest absolute Gasteiger partial charge is 0.232 e. The van der Waals surface area contributed by atoms with Crippen molar-refractivity contribution < 1.29 is 4.79 Å². The van der Waals surface area contributed by atoms with Gasteiger partial charge in [0.1, 0.15) is 5.41 Å². The molecule has 0 fully saturated rings. The molecule has 1 N–H and O–H groups in total. The first kappa shape index (κ1) is 25.9. The SMILES string of the molecule is CC1/C=C\C=C/C2(C#N)CC(C)(C(=O)Nc3nc(Cc4cccc(-c5ccncc5)c4)cs3)C1c1ccccc12. The molecule has 0 radical (unpaired) electrons. The lowest BCUT2D eigenvalue weighted by Gasteiger charge is -2.48. The number of aromatic nitrogens is 2. The van der Waals surface area contributed by atoms with Crippen molar-refractivity contribution in [1.29, 1.82) is 5.26 Å². The van der Waals surface area contributed by atoms with E-state index in [-0.39, 0.29) is 17.7 Å². The van der Waals surface area contributed by atoms with Gasteiger partial charge in [0.05, 0.1) is 17.2 Å². The number of carbonyl (C=O) groups is 1. The first-order valence-corrected chi connectivity index (χ1v) is 14.4. The minimum atomic E-state index is -0.874. The van der Waals surface area contributed by atoms with Crippen LogP contribution in [0.3, 0.4) is 0 Å². The summed E-state index contributed by atoms with van der Waals surface area (Å²) in [5.41, 5.74) is 4.71. The fourth-order valence-electron chi connectivity index (χ4n) is 6.54. The van der Waals surface area contributed by atoms with E-state index >= 15 is 0 Å². The van der Waals surface area contributed by atoms with Crippen molar-refractivity contribution in [3.05, 3.63) is 125 Å². The molecule has 5 nitrogen and oxygen atoms in total. The van der Waals surface area contributed by atoms with Gasteiger partial charge in [-0.25, -0.2) is 4.98 Å². The normalized spacial score (nSPS) is 26.4. The number of nitrogens with one attached hydrogen (secondary N) is 1. The van der Waals surface area contributed by atoms with Crippen molar-refractivity contribution in [2.75, 3.05) is 5.32 Å². The van der Waals surface area contributed by atoms with Crippen molar-refractivity contribution >= 4 is 22.4 Å². The van der Waals surface area contributed by atoms with Crippen LogP contribution in [0.1, 0.15) is 48.6 Å². The summed E-state index contributed by atoms with van der Waals surface area (Å²) in [6, 6.07) is 23.1. The van der Waals surface area contributed by atoms with Gasteiger partial charge < -0.3 is 5.32 Å². The number of hydrogen-bond acceptors (Lipinski definition) is 5. The lowest BCUT2D eigenvalue weighted by molar-refractivity contribution is -0.128. The highest BCUT2D eigenvalue weighted by atomic mass is 32.1. The maximum Gasteiger partial charge on any atom is 0.232 e. The van der Waals surface area contributed by atoms with Gasteiger partial charge in [0.2, 0.25) is 5.91 Å². The first-order chi connectivity index (χ1) is 19.4. The number of allylic oxidation sites excluding steroid dienone is 4. The lowest BCUT2D eigenvalue weighted by Crippen LogP contribution is -2.49. The Hall–Kier alpha value is -4.34. The molecule has 6 heteroatoms. The molecule has 0 saturated heterocycles. The highest BCUT2D eigenvalue weighted by Gasteiger charge is 2.55. The third-order valence-corrected chi connectivity index (χ3v) is 9.16. The van der Waals surface area contributed by atoms with Gasteiger partial charge in [-0.1, -0.05) is 86.7 Å². The van der Waals surface area contributed by atoms with Gasteiger partial charge >= 0.3 is 0 Å². The Morgan fingerprint density at radius 1 is 1.10 bits per heavy atom. The monoisotopic (exact) mass is 542 g/mol. The molecule has 0 saturated carbocycles. The van der Waals surface area contributed by atoms with Gasteiger partial charge in [0.15, 0.2) is 5.13 Å². The maximum absolute atomic E-state index is 14.1. The summed E-state index contributed by atoms with van der Waals surface area (Å²) in [6.07, 6.45) is 12.7. The molecule has 0 aliphatic heterocycles. The van der Waals surface area contributed by atoms with Gasteiger partial charge in [-0.05, 0) is 52.3 Å². The van der Waals surface area contributed by atoms with E-state index in [1.54, 1.807) is 12.4 Å². The van der Waals surface area contributed by atoms with Gasteiger partial charge in [-0.3, -0.25) is 9.78 Å². The summed E-state index contributed by atoms with van der Waals surface area (Å²) in [5.74, 6) is -0.0599. The molecule has 4 atom stereocenters. The summed E-state index contributed by atoms with van der Waals surface area (Å²) in [7, 11) is 0. The molecule has 6 rings (SSSR count). The van der Waals surface area contributed by atoms with E-state index in [0.29, 0.717) is 18.0 Å². The number of nitriles is 1. The fraction of sp³-hybridized carbons (Fsp3) is 0.235. The molecule has 2 bridgehead atoms. The number of pyridine rings is 1. The van der Waals surface area contributed by atoms with E-state index < -0.39 is 10.8 Å². The molecule has 2 aromatic heterocycles. The van der Waals surface area contributed by atoms with E-state index in [2.05, 4.69) is 59.7 Å². The Morgan fingerprint density at radius 3 is 2.75 bits per heavy atom. The van der Waals surface area contributed by atoms with Crippen LogP contribution in [0, 0.1) is 22.7 Å². The van der Waals surface area contributed by atoms with Crippen LogP contribution in [-0.4, -0.2) is 15.9 Å². The predicted octanol–water partition coefficient (Wildman–Crippen LogP) is 7.45. The number of rotatable bonds is 5. The van der Waals surface area contributed by atoms with Crippen molar-refractivity contribution in [3.8, 4) is 17.2 Å². The average molecular weight is 543 g/mol. The molecule has 4 unspecified atom stereocenters. The van der Waals surface area contributed by atoms with Crippen molar-refractivity contribution in [3.63, 3.8) is 0 Å². The van der Waals surface area contributed by atoms with Gasteiger partial charge in [0, 0.05) is 30.1 Å². The van der Waals surface area contributed by atoms with Crippen LogP contribution in [0.4, 0.5) is 5.13 Å². The van der Waals surface area contributed by atoms with Crippen molar-refractivity contribution in [2.45, 2.75) is 38.0 Å². The Labute approximate surface area is 239 Å². The maximum atomic E-state index is 14.1. The van der Waals surface area contributed by atoms with E-state index in [1.165, 1.54) is 11.3 Å². The van der Waals surface area contributed by atoms with Crippen LogP contribution in [-0.2, 0) is 16.6 Å². The second kappa shape index (κ2) is 10.3. The summed E-state index contributed by atoms with van der Waals surface area (Å²) in [5, 5.41) is 16.2. The topological polar surface area (TPSA) is 78.7 Å². The average Bonchev–Trinajstić information content (AvgIpc) is 3.44. The largest absolute Gasteiger partial charge is 0.301 e. The number of hydrogen-bond donors (Lipinski definition) is 1. The highest BCUT2D eigenvalue weighted by Crippen LogP contribution is 2.57. The molecule has 0 spiro atoms. The molecule has 4 aromatic rings. The van der Waals surface area contributed by atoms with Gasteiger partial charge in [-0.2, -0.15) is 5.26 Å². The third-order valence-electron chi connectivity index (χ3n) is 8.36. The van der Waals surface area contributed by atoms with Crippen LogP contribution in [0.25, 0.3) is 11.1 Å². The van der Waals surface area contributed by atoms with Crippen LogP contribution < -0.4 is 5.32 Å². The second-order valence-corrected chi connectivity index (χ2v) is 11.9. The molecule has 198 valence electrons. The summed E-state index contributed by atoms with van der Waals surface area (Å²) in [4.78, 5) is 23.0. The summed E-state index contributed by atoms with van der Waals surface area (Å²) >= 11 is 1.44. The number of amides is 1. The molecule has 2 aliphatic carbocycles. The molecular weight excluding hydrogens is 512 g/mol. The van der Waals surface area contributed by atoms with E-state index in [4.69, 9.17) is 4.98 Å². The number of nitrogens with zero attached hydrogens (tertiary/aromatic N) is 3. The number of fused-ring (bicyclic) bond motifs is 6. The van der Waals surface area contributed by atoms with Gasteiger partial charge in [-0.15, -0.1) is 11.3 Å². The number of carbonyl (C=O) groups excluding carboxylic acids is 1. The standard InChI is InChI=1S/C34H30N4OS/c1-23-8-5-6-15-34(22-35)21-33(2,30(23)28-11-3-4-12-29(28)34)31(39)38-32-37-27(20-40-32)19-24-9-7-10-26(18-24)25-13-16-36-17-14-25/h3-18,20,23,30H,19,21H2,1-2H3,(H,37,38,39)/b8-5-,15-6-. The number of anilines is 1. The predicted molar refractivity (Wildman–Crippen MR) is 160 cm³/mol. The number of benzene rings is 2. The summed E-state index contributed by atoms with van der Waals surface area (Å²) < 4.78 is 0. The molecule has 2 heterocycles. The fourth-order valence-corrected chi connectivity index (χ4v) is 7.25. The Kier molecular flexibility index (Phi) is 6.69. The first-order valence-electron chi connectivity index (χ1n) is 13.5. The van der Waals surface area contributed by atoms with Crippen LogP contribution >= 0.6 is 11.3 Å². The molecule has 2 aliphatic rings. The third kappa shape index (κ3) is 4.57. The van der Waals surface area contributed by atoms with Crippen LogP contribution in [0.2, 0.25) is 0 Å². The lowest BCUT2D eigenvalue weighted by atomic mass is 9.53. The Bertz CT molecular complexity index is 1670. The van der Waals surface area contributed by atoms with Crippen molar-refractivity contribution in [2.24, 2.45) is 11.3 Å². The zero-order valence-corrected chi connectivity index (χ0v) is 23.4. The Balaban J connectivity index is 1.27. The number of thiazole rings is 1. The quantitative estimate of drug-likeness (QED) is 0.284. The van der Waals surface area contributed by atoms with E-state index in [0.717, 1.165) is 33.5 Å². The van der Waals surface area contributed by atoms with Crippen molar-refractivity contribution in [1.82, 2.24) is 9.97 Å². The second-order valence-electron chi connectivity index (χ2n) is 11.1. The Morgan fingerprint density at radius 2 is 1.93 bits per heavy atom. The highest BCUT2D eigenvalue weighted by molar-refractivity contribution is 7.13. The summed E-state index contributed by atoms with van der Waals surface area (Å²) in [6.45, 7) is 4.17. The molecule has 1 amide bonds. The minimum Gasteiger partial charge on any atom is -0.301 e. The molecule has 40 heavy (non-hydrogen) atoms. The van der Waals surface area contributed by atoms with E-state index in [9.17, 15) is 10.1 Å². The molecular formula is C34H30N4OS. The zero-order valence-electron chi connectivity index (χ0n) is 22.5. The van der Waals surface area contributed by atoms with Crippen LogP contribution in [0.15, 0.2) is 103 Å².